The Labute approximate surface area is 173 Å². The van der Waals surface area contributed by atoms with Crippen LogP contribution in [0.25, 0.3) is 11.1 Å². The Kier molecular flexibility index (Phi) is 5.99. The van der Waals surface area contributed by atoms with Gasteiger partial charge >= 0.3 is 138 Å². The molecule has 0 saturated carbocycles. The number of phenolic OH excluding ortho intramolecular Hbond substituents is 1. The summed E-state index contributed by atoms with van der Waals surface area (Å²) in [5.41, 5.74) is 3.82. The number of fused-ring (bicyclic) bond motifs is 1. The third kappa shape index (κ3) is 5.00. The van der Waals surface area contributed by atoms with Gasteiger partial charge in [-0.05, 0) is 17.2 Å². The zero-order valence-electron chi connectivity index (χ0n) is 14.1. The summed E-state index contributed by atoms with van der Waals surface area (Å²) in [7, 11) is 0. The minimum Gasteiger partial charge on any atom is -0.0610 e. The molecule has 27 heavy (non-hydrogen) atoms. The molecule has 2 aliphatic rings. The van der Waals surface area contributed by atoms with Crippen molar-refractivity contribution in [3.8, 4) is 16.9 Å². The molecule has 0 spiro atoms. The van der Waals surface area contributed by atoms with Crippen molar-refractivity contribution in [2.75, 3.05) is 10.6 Å². The molecular formula is C20H16AsBrN2O3. The van der Waals surface area contributed by atoms with E-state index in [0.717, 1.165) is 21.3 Å². The summed E-state index contributed by atoms with van der Waals surface area (Å²) in [4.78, 5) is 23.3. The summed E-state index contributed by atoms with van der Waals surface area (Å²) < 4.78 is 0.527. The molecule has 2 aromatic carbocycles. The molecule has 2 aliphatic carbocycles. The van der Waals surface area contributed by atoms with E-state index in [2.05, 4.69) is 50.8 Å². The molecule has 0 aromatic heterocycles. The number of phenols is 1. The van der Waals surface area contributed by atoms with E-state index in [0.29, 0.717) is 5.69 Å². The molecule has 0 saturated heterocycles. The van der Waals surface area contributed by atoms with E-state index in [-0.39, 0.29) is 21.6 Å². The summed E-state index contributed by atoms with van der Waals surface area (Å²) in [6.45, 7) is 0. The Hall–Kier alpha value is -2.56. The molecule has 0 radical (unpaired) electrons. The van der Waals surface area contributed by atoms with Gasteiger partial charge in [-0.1, -0.05) is 18.2 Å². The van der Waals surface area contributed by atoms with Gasteiger partial charge in [-0.2, -0.15) is 0 Å². The monoisotopic (exact) mass is 486 g/mol. The van der Waals surface area contributed by atoms with E-state index < -0.39 is 6.03 Å². The number of anilines is 2. The van der Waals surface area contributed by atoms with Crippen molar-refractivity contribution >= 4 is 54.8 Å². The van der Waals surface area contributed by atoms with Crippen molar-refractivity contribution in [2.45, 2.75) is 0 Å². The molecule has 1 atom stereocenters. The molecule has 136 valence electrons. The molecule has 0 aliphatic heterocycles. The van der Waals surface area contributed by atoms with Crippen molar-refractivity contribution < 1.29 is 14.7 Å². The maximum Gasteiger partial charge on any atom is -0.0178 e. The third-order valence-electron chi connectivity index (χ3n) is 3.78. The first-order valence-electron chi connectivity index (χ1n) is 8.00. The quantitative estimate of drug-likeness (QED) is 0.299. The number of hydrogen-bond acceptors (Lipinski definition) is 3. The second kappa shape index (κ2) is 8.42. The van der Waals surface area contributed by atoms with Crippen LogP contribution in [-0.4, -0.2) is 32.6 Å². The Bertz CT molecular complexity index is 1010. The number of benzene rings is 3. The number of halogens is 1. The molecule has 7 heteroatoms. The van der Waals surface area contributed by atoms with Gasteiger partial charge in [0.15, 0.2) is 0 Å². The molecule has 4 rings (SSSR count). The number of rotatable bonds is 3. The molecule has 3 N–H and O–H groups in total. The van der Waals surface area contributed by atoms with Crippen LogP contribution >= 0.6 is 15.9 Å². The zero-order valence-corrected chi connectivity index (χ0v) is 18.1. The van der Waals surface area contributed by atoms with Crippen LogP contribution < -0.4 is 10.6 Å². The van der Waals surface area contributed by atoms with E-state index in [1.807, 2.05) is 6.07 Å². The first kappa shape index (κ1) is 19.2. The summed E-state index contributed by atoms with van der Waals surface area (Å²) in [5, 5.41) is 15.1. The van der Waals surface area contributed by atoms with Crippen molar-refractivity contribution in [1.82, 2.24) is 0 Å². The molecule has 0 bridgehead atoms. The predicted molar refractivity (Wildman–Crippen MR) is 113 cm³/mol. The van der Waals surface area contributed by atoms with Crippen LogP contribution in [0, 0.1) is 0 Å². The van der Waals surface area contributed by atoms with Crippen molar-refractivity contribution in [3.63, 3.8) is 0 Å². The zero-order chi connectivity index (χ0) is 19.4. The van der Waals surface area contributed by atoms with Crippen LogP contribution in [0.3, 0.4) is 0 Å². The van der Waals surface area contributed by atoms with Gasteiger partial charge in [0.25, 0.3) is 0 Å². The summed E-state index contributed by atoms with van der Waals surface area (Å²) in [6.07, 6.45) is 0. The average Bonchev–Trinajstić information content (AvgIpc) is 3.24. The fourth-order valence-corrected chi connectivity index (χ4v) is 3.23. The van der Waals surface area contributed by atoms with Gasteiger partial charge in [-0.3, -0.25) is 0 Å². The topological polar surface area (TPSA) is 78.4 Å². The largest absolute Gasteiger partial charge is 0.0610 e. The van der Waals surface area contributed by atoms with Crippen molar-refractivity contribution in [1.29, 1.82) is 0 Å². The Morgan fingerprint density at radius 3 is 2.00 bits per heavy atom. The van der Waals surface area contributed by atoms with Gasteiger partial charge in [0.1, 0.15) is 0 Å². The number of hydrogen-bond donors (Lipinski definition) is 3. The second-order valence-electron chi connectivity index (χ2n) is 5.71. The number of urea groups is 1. The van der Waals surface area contributed by atoms with E-state index in [9.17, 15) is 14.7 Å². The first-order chi connectivity index (χ1) is 13.0. The van der Waals surface area contributed by atoms with E-state index in [1.54, 1.807) is 24.3 Å². The van der Waals surface area contributed by atoms with Gasteiger partial charge in [0.05, 0.1) is 0 Å². The Morgan fingerprint density at radius 2 is 1.44 bits per heavy atom. The number of carbonyl (C=O) groups is 2. The normalized spacial score (nSPS) is 10.3. The van der Waals surface area contributed by atoms with E-state index in [4.69, 9.17) is 0 Å². The number of aromatic hydroxyl groups is 1. The van der Waals surface area contributed by atoms with Crippen LogP contribution in [0.1, 0.15) is 10.4 Å². The average molecular weight is 487 g/mol. The summed E-state index contributed by atoms with van der Waals surface area (Å²) in [6, 6.07) is 19.8. The second-order valence-corrected chi connectivity index (χ2v) is 7.66. The molecule has 5 nitrogen and oxygen atoms in total. The fraction of sp³-hybridized carbons (Fsp3) is 0. The van der Waals surface area contributed by atoms with Crippen LogP contribution in [0.2, 0.25) is 0 Å². The van der Waals surface area contributed by atoms with Crippen molar-refractivity contribution in [2.24, 2.45) is 0 Å². The fourth-order valence-electron chi connectivity index (χ4n) is 2.36. The maximum absolute atomic E-state index is 11.9. The molecule has 1 unspecified atom stereocenters. The van der Waals surface area contributed by atoms with E-state index in [1.165, 1.54) is 23.3 Å². The minimum atomic E-state index is -0.511. The molecule has 0 fully saturated rings. The molecule has 2 amide bonds. The smallest absolute Gasteiger partial charge is 0.0178 e. The molecule has 0 heterocycles. The number of nitrogens with one attached hydrogen (secondary N) is 2. The van der Waals surface area contributed by atoms with Crippen LogP contribution in [-0.2, 0) is 0 Å². The van der Waals surface area contributed by atoms with Gasteiger partial charge in [-0.15, -0.1) is 0 Å². The van der Waals surface area contributed by atoms with Crippen LogP contribution in [0.4, 0.5) is 16.2 Å². The Balaban J connectivity index is 0.000000290. The van der Waals surface area contributed by atoms with Gasteiger partial charge in [0.2, 0.25) is 0 Å². The molecule has 2 aromatic rings. The van der Waals surface area contributed by atoms with E-state index >= 15 is 0 Å². The van der Waals surface area contributed by atoms with Crippen molar-refractivity contribution in [3.05, 3.63) is 76.8 Å². The van der Waals surface area contributed by atoms with Crippen LogP contribution in [0.15, 0.2) is 71.2 Å². The van der Waals surface area contributed by atoms with Gasteiger partial charge in [-0.25, -0.2) is 0 Å². The molecular weight excluding hydrogens is 471 g/mol. The first-order valence-corrected chi connectivity index (χ1v) is 10.0. The van der Waals surface area contributed by atoms with Crippen LogP contribution in [0.5, 0.6) is 5.75 Å². The van der Waals surface area contributed by atoms with Gasteiger partial charge in [0, 0.05) is 0 Å². The number of carbonyl (C=O) groups excluding carboxylic acids is 2. The predicted octanol–water partition coefficient (Wildman–Crippen LogP) is 4.24. The SMILES string of the molecule is O=C(Nc1ccccc1Br)Nc1cccc(C(=O)[AsH2])c1O.c1cc2cc-2c1. The Morgan fingerprint density at radius 1 is 0.852 bits per heavy atom. The number of para-hydroxylation sites is 2. The minimum absolute atomic E-state index is 0.183. The summed E-state index contributed by atoms with van der Waals surface area (Å²) in [5.74, 6) is -0.228. The number of amides is 2. The van der Waals surface area contributed by atoms with Gasteiger partial charge < -0.3 is 0 Å². The summed E-state index contributed by atoms with van der Waals surface area (Å²) >= 11 is 4.20. The standard InChI is InChI=1S/C14H12AsBrN2O3.C6H4/c15-13(20)8-4-3-7-11(12(8)19)18-14(21)17-10-6-2-1-5-9(10)16;1-2-5-4-6(5)3-1/h1-7,19H,15H2,(H2,17,18,21);1-4H. The third-order valence-corrected chi connectivity index (χ3v) is 5.13. The maximum atomic E-state index is 11.9.